The monoisotopic (exact) mass is 816 g/mol. The third kappa shape index (κ3) is 12.5. The molecule has 0 saturated carbocycles. The Balaban J connectivity index is 0.000000208. The van der Waals surface area contributed by atoms with Gasteiger partial charge in [0, 0.05) is 23.3 Å². The second kappa shape index (κ2) is 22.3. The third-order valence-corrected chi connectivity index (χ3v) is 14.6. The Morgan fingerprint density at radius 2 is 0.854 bits per heavy atom. The summed E-state index contributed by atoms with van der Waals surface area (Å²) in [5, 5.41) is 11.1. The van der Waals surface area contributed by atoms with Crippen LogP contribution in [-0.4, -0.2) is 25.4 Å². The van der Waals surface area contributed by atoms with E-state index in [0.717, 1.165) is 38.4 Å². The zero-order valence-corrected chi connectivity index (χ0v) is 32.8. The molecule has 6 aromatic carbocycles. The predicted molar refractivity (Wildman–Crippen MR) is 215 cm³/mol. The summed E-state index contributed by atoms with van der Waals surface area (Å²) in [6.07, 6.45) is 1.76. The van der Waals surface area contributed by atoms with E-state index in [4.69, 9.17) is 19.4 Å². The zero-order valence-electron chi connectivity index (χ0n) is 26.6. The maximum Gasteiger partial charge on any atom is 0.102 e. The van der Waals surface area contributed by atoms with Gasteiger partial charge in [-0.2, -0.15) is 0 Å². The molecule has 2 nitrogen and oxygen atoms in total. The molecule has 0 spiro atoms. The van der Waals surface area contributed by atoms with E-state index < -0.39 is 15.1 Å². The Bertz CT molecular complexity index is 1600. The Kier molecular flexibility index (Phi) is 17.8. The first-order valence-electron chi connectivity index (χ1n) is 15.7. The number of hydrogen-bond acceptors (Lipinski definition) is 2. The molecule has 1 atom stereocenters. The molecule has 248 valence electrons. The largest absolute Gasteiger partial charge is 0.102 e. The number of halogens is 2. The van der Waals surface area contributed by atoms with E-state index in [-0.39, 0.29) is 15.1 Å². The SMILES string of the molecule is O=P(CCNCCPc1ccccc1)(c1ccccc1)c1ccccc1.[Cl][Ru][Cl].c1ccc([PH+](c2ccccc2)c2ccccc2)cc1. The molecule has 0 aromatic heterocycles. The molecule has 0 aliphatic carbocycles. The molecule has 48 heavy (non-hydrogen) atoms. The summed E-state index contributed by atoms with van der Waals surface area (Å²) in [6.45, 7) is 1.72. The van der Waals surface area contributed by atoms with Crippen LogP contribution < -0.4 is 37.1 Å². The van der Waals surface area contributed by atoms with E-state index in [9.17, 15) is 4.57 Å². The van der Waals surface area contributed by atoms with Gasteiger partial charge in [0.25, 0.3) is 0 Å². The van der Waals surface area contributed by atoms with Crippen molar-refractivity contribution in [2.75, 3.05) is 25.4 Å². The van der Waals surface area contributed by atoms with Gasteiger partial charge in [-0.1, -0.05) is 154 Å². The molecule has 0 radical (unpaired) electrons. The summed E-state index contributed by atoms with van der Waals surface area (Å²) in [6, 6.07) is 62.9. The Morgan fingerprint density at radius 1 is 0.521 bits per heavy atom. The molecule has 1 N–H and O–H groups in total. The van der Waals surface area contributed by atoms with Crippen molar-refractivity contribution in [3.63, 3.8) is 0 Å². The second-order valence-corrected chi connectivity index (χ2v) is 20.2. The van der Waals surface area contributed by atoms with Crippen LogP contribution in [0.4, 0.5) is 0 Å². The smallest absolute Gasteiger partial charge is 0.0620 e. The quantitative estimate of drug-likeness (QED) is 0.0769. The standard InChI is InChI=1S/C22H25NOP2.C18H15P.2ClH.Ru/c24-26(21-12-6-2-7-13-21,22-14-8-3-9-15-22)19-17-23-16-18-25-20-10-4-1-5-11-20;1-4-10-16(11-5-1)19(17-12-6-2-7-13-17)18-14-8-3-9-15-18;;;/h1-15,23,25H,16-19H2;1-15H;2*1H;/q;;;;+2/p-1. The van der Waals surface area contributed by atoms with Gasteiger partial charge >= 0.3 is 34.5 Å². The van der Waals surface area contributed by atoms with Gasteiger partial charge in [-0.25, -0.2) is 0 Å². The van der Waals surface area contributed by atoms with Gasteiger partial charge < -0.3 is 9.88 Å². The number of nitrogens with one attached hydrogen (secondary N) is 1. The first kappa shape index (κ1) is 38.4. The van der Waals surface area contributed by atoms with Crippen molar-refractivity contribution < 1.29 is 19.7 Å². The minimum atomic E-state index is -2.59. The van der Waals surface area contributed by atoms with E-state index in [0.29, 0.717) is 6.16 Å². The van der Waals surface area contributed by atoms with Gasteiger partial charge in [-0.15, -0.1) is 0 Å². The van der Waals surface area contributed by atoms with Crippen molar-refractivity contribution >= 4 is 74.9 Å². The van der Waals surface area contributed by atoms with Crippen molar-refractivity contribution in [1.29, 1.82) is 0 Å². The molecule has 0 aliphatic rings. The van der Waals surface area contributed by atoms with Crippen LogP contribution in [0.25, 0.3) is 0 Å². The molecule has 1 unspecified atom stereocenters. The molecule has 0 heterocycles. The van der Waals surface area contributed by atoms with E-state index in [2.05, 4.69) is 127 Å². The van der Waals surface area contributed by atoms with Crippen molar-refractivity contribution in [2.45, 2.75) is 0 Å². The van der Waals surface area contributed by atoms with Crippen LogP contribution in [0.1, 0.15) is 0 Å². The van der Waals surface area contributed by atoms with Gasteiger partial charge in [0.2, 0.25) is 0 Å². The van der Waals surface area contributed by atoms with Crippen LogP contribution in [0.15, 0.2) is 182 Å². The first-order valence-corrected chi connectivity index (χ1v) is 24.8. The summed E-state index contributed by atoms with van der Waals surface area (Å²) in [5.41, 5.74) is 0. The number of benzene rings is 6. The van der Waals surface area contributed by atoms with Gasteiger partial charge in [0.1, 0.15) is 23.1 Å². The van der Waals surface area contributed by atoms with Crippen LogP contribution in [-0.2, 0) is 19.7 Å². The third-order valence-electron chi connectivity index (χ3n) is 7.54. The van der Waals surface area contributed by atoms with Gasteiger partial charge in [-0.05, 0) is 54.4 Å². The number of rotatable bonds is 12. The Labute approximate surface area is 305 Å². The second-order valence-electron chi connectivity index (χ2n) is 10.7. The first-order chi connectivity index (χ1) is 23.7. The average Bonchev–Trinajstić information content (AvgIpc) is 3.16. The molecular formula is C40H41Cl2NOP3Ru+. The molecule has 0 saturated heterocycles. The fraction of sp³-hybridized carbons (Fsp3) is 0.100. The normalized spacial score (nSPS) is 11.1. The minimum Gasteiger partial charge on any atom is -0.0620 e. The Morgan fingerprint density at radius 3 is 1.23 bits per heavy atom. The summed E-state index contributed by atoms with van der Waals surface area (Å²) in [7, 11) is 7.06. The average molecular weight is 817 g/mol. The molecular weight excluding hydrogens is 775 g/mol. The van der Waals surface area contributed by atoms with Crippen molar-refractivity contribution in [3.05, 3.63) is 182 Å². The minimum absolute atomic E-state index is 0.346. The fourth-order valence-electron chi connectivity index (χ4n) is 5.27. The molecule has 8 heteroatoms. The fourth-order valence-corrected chi connectivity index (χ4v) is 11.5. The summed E-state index contributed by atoms with van der Waals surface area (Å²) in [4.78, 5) is 0. The predicted octanol–water partition coefficient (Wildman–Crippen LogP) is 8.15. The van der Waals surface area contributed by atoms with Gasteiger partial charge in [0.15, 0.2) is 0 Å². The maximum atomic E-state index is 13.8. The van der Waals surface area contributed by atoms with Crippen LogP contribution in [0.3, 0.4) is 0 Å². The van der Waals surface area contributed by atoms with E-state index in [1.807, 2.05) is 60.7 Å². The van der Waals surface area contributed by atoms with Gasteiger partial charge in [-0.3, -0.25) is 0 Å². The van der Waals surface area contributed by atoms with E-state index in [1.165, 1.54) is 21.2 Å². The molecule has 0 aliphatic heterocycles. The Hall–Kier alpha value is -2.43. The number of hydrogen-bond donors (Lipinski definition) is 1. The van der Waals surface area contributed by atoms with Crippen molar-refractivity contribution in [1.82, 2.24) is 5.32 Å². The molecule has 6 rings (SSSR count). The van der Waals surface area contributed by atoms with Crippen molar-refractivity contribution in [3.8, 4) is 0 Å². The summed E-state index contributed by atoms with van der Waals surface area (Å²) < 4.78 is 13.8. The topological polar surface area (TPSA) is 29.1 Å². The maximum absolute atomic E-state index is 13.8. The van der Waals surface area contributed by atoms with Crippen LogP contribution in [0.2, 0.25) is 0 Å². The molecule has 0 bridgehead atoms. The molecule has 0 fully saturated rings. The molecule has 0 amide bonds. The van der Waals surface area contributed by atoms with Crippen LogP contribution in [0, 0.1) is 0 Å². The van der Waals surface area contributed by atoms with E-state index >= 15 is 0 Å². The van der Waals surface area contributed by atoms with Crippen LogP contribution in [0.5, 0.6) is 0 Å². The van der Waals surface area contributed by atoms with E-state index in [1.54, 1.807) is 0 Å². The van der Waals surface area contributed by atoms with Crippen molar-refractivity contribution in [2.24, 2.45) is 0 Å². The van der Waals surface area contributed by atoms with Crippen LogP contribution >= 0.6 is 43.0 Å². The molecule has 6 aromatic rings. The summed E-state index contributed by atoms with van der Waals surface area (Å²) in [5.74, 6) is 0. The zero-order chi connectivity index (χ0) is 33.7. The van der Waals surface area contributed by atoms with Gasteiger partial charge in [0.05, 0.1) is 7.92 Å². The summed E-state index contributed by atoms with van der Waals surface area (Å²) >= 11 is -0.346.